The largest absolute Gasteiger partial charge is 0.479 e. The summed E-state index contributed by atoms with van der Waals surface area (Å²) in [7, 11) is 0. The topological polar surface area (TPSA) is 78.4 Å². The standard InChI is InChI=1S/C10H16N2O3/c1-6-5-10(6,9(14)15)12-8(13)7-3-2-4-11-7/h6-7,11H,2-5H2,1H3,(H,12,13)(H,14,15). The molecule has 84 valence electrons. The highest BCUT2D eigenvalue weighted by Gasteiger charge is 2.59. The Balaban J connectivity index is 1.96. The summed E-state index contributed by atoms with van der Waals surface area (Å²) in [6, 6.07) is -0.200. The number of nitrogens with one attached hydrogen (secondary N) is 2. The summed E-state index contributed by atoms with van der Waals surface area (Å²) in [5.41, 5.74) is -0.985. The summed E-state index contributed by atoms with van der Waals surface area (Å²) in [6.45, 7) is 2.68. The number of aliphatic carboxylic acids is 1. The van der Waals surface area contributed by atoms with E-state index in [1.807, 2.05) is 6.92 Å². The van der Waals surface area contributed by atoms with E-state index in [1.165, 1.54) is 0 Å². The van der Waals surface area contributed by atoms with E-state index in [4.69, 9.17) is 5.11 Å². The molecule has 3 N–H and O–H groups in total. The average molecular weight is 212 g/mol. The van der Waals surface area contributed by atoms with Crippen molar-refractivity contribution >= 4 is 11.9 Å². The zero-order valence-corrected chi connectivity index (χ0v) is 8.75. The summed E-state index contributed by atoms with van der Waals surface area (Å²) in [5.74, 6) is -1.04. The van der Waals surface area contributed by atoms with Crippen molar-refractivity contribution in [3.8, 4) is 0 Å². The van der Waals surface area contributed by atoms with Crippen molar-refractivity contribution < 1.29 is 14.7 Å². The second kappa shape index (κ2) is 3.48. The summed E-state index contributed by atoms with van der Waals surface area (Å²) < 4.78 is 0. The zero-order valence-electron chi connectivity index (χ0n) is 8.75. The van der Waals surface area contributed by atoms with E-state index in [2.05, 4.69) is 10.6 Å². The number of carboxylic acid groups (broad SMARTS) is 1. The Morgan fingerprint density at radius 1 is 1.53 bits per heavy atom. The second-order valence-corrected chi connectivity index (χ2v) is 4.52. The van der Waals surface area contributed by atoms with Crippen molar-refractivity contribution in [2.75, 3.05) is 6.54 Å². The lowest BCUT2D eigenvalue weighted by Gasteiger charge is -2.17. The fourth-order valence-corrected chi connectivity index (χ4v) is 2.17. The first-order valence-electron chi connectivity index (χ1n) is 5.35. The maximum absolute atomic E-state index is 11.7. The number of amides is 1. The van der Waals surface area contributed by atoms with E-state index in [0.29, 0.717) is 6.42 Å². The van der Waals surface area contributed by atoms with Crippen molar-refractivity contribution in [2.45, 2.75) is 37.8 Å². The fraction of sp³-hybridized carbons (Fsp3) is 0.800. The highest BCUT2D eigenvalue weighted by Crippen LogP contribution is 2.43. The highest BCUT2D eigenvalue weighted by molar-refractivity contribution is 5.92. The number of carbonyl (C=O) groups is 2. The third-order valence-corrected chi connectivity index (χ3v) is 3.41. The lowest BCUT2D eigenvalue weighted by atomic mass is 10.1. The first kappa shape index (κ1) is 10.4. The van der Waals surface area contributed by atoms with Gasteiger partial charge in [0.1, 0.15) is 5.54 Å². The van der Waals surface area contributed by atoms with Crippen LogP contribution in [0.2, 0.25) is 0 Å². The maximum atomic E-state index is 11.7. The smallest absolute Gasteiger partial charge is 0.329 e. The Bertz CT molecular complexity index is 299. The molecule has 0 radical (unpaired) electrons. The quantitative estimate of drug-likeness (QED) is 0.601. The Morgan fingerprint density at radius 2 is 2.20 bits per heavy atom. The van der Waals surface area contributed by atoms with E-state index < -0.39 is 11.5 Å². The molecular weight excluding hydrogens is 196 g/mol. The van der Waals surface area contributed by atoms with Crippen LogP contribution in [0.15, 0.2) is 0 Å². The van der Waals surface area contributed by atoms with Gasteiger partial charge in [-0.1, -0.05) is 6.92 Å². The molecule has 3 atom stereocenters. The first-order valence-corrected chi connectivity index (χ1v) is 5.35. The van der Waals surface area contributed by atoms with Crippen LogP contribution in [-0.2, 0) is 9.59 Å². The van der Waals surface area contributed by atoms with E-state index >= 15 is 0 Å². The van der Waals surface area contributed by atoms with Gasteiger partial charge in [-0.05, 0) is 31.7 Å². The van der Waals surface area contributed by atoms with E-state index in [1.54, 1.807) is 0 Å². The molecule has 0 bridgehead atoms. The van der Waals surface area contributed by atoms with Crippen LogP contribution < -0.4 is 10.6 Å². The summed E-state index contributed by atoms with van der Waals surface area (Å²) >= 11 is 0. The average Bonchev–Trinajstić information content (AvgIpc) is 2.69. The van der Waals surface area contributed by atoms with Crippen LogP contribution in [-0.4, -0.2) is 35.1 Å². The molecular formula is C10H16N2O3. The molecule has 5 nitrogen and oxygen atoms in total. The molecule has 0 aromatic rings. The van der Waals surface area contributed by atoms with Crippen LogP contribution in [0.4, 0.5) is 0 Å². The normalized spacial score (nSPS) is 38.7. The van der Waals surface area contributed by atoms with Gasteiger partial charge in [0.25, 0.3) is 0 Å². The molecule has 0 aromatic carbocycles. The summed E-state index contributed by atoms with van der Waals surface area (Å²) in [4.78, 5) is 22.7. The van der Waals surface area contributed by atoms with E-state index in [9.17, 15) is 9.59 Å². The predicted molar refractivity (Wildman–Crippen MR) is 53.3 cm³/mol. The number of rotatable bonds is 3. The Hall–Kier alpha value is -1.10. The Labute approximate surface area is 88.2 Å². The van der Waals surface area contributed by atoms with E-state index in [-0.39, 0.29) is 17.9 Å². The lowest BCUT2D eigenvalue weighted by molar-refractivity contribution is -0.143. The number of hydrogen-bond donors (Lipinski definition) is 3. The van der Waals surface area contributed by atoms with Crippen LogP contribution in [0.3, 0.4) is 0 Å². The lowest BCUT2D eigenvalue weighted by Crippen LogP contribution is -2.50. The van der Waals surface area contributed by atoms with Crippen LogP contribution in [0, 0.1) is 5.92 Å². The van der Waals surface area contributed by atoms with E-state index in [0.717, 1.165) is 19.4 Å². The van der Waals surface area contributed by atoms with Gasteiger partial charge >= 0.3 is 5.97 Å². The van der Waals surface area contributed by atoms with Crippen molar-refractivity contribution in [3.63, 3.8) is 0 Å². The third kappa shape index (κ3) is 1.71. The van der Waals surface area contributed by atoms with Crippen LogP contribution >= 0.6 is 0 Å². The Morgan fingerprint density at radius 3 is 2.60 bits per heavy atom. The van der Waals surface area contributed by atoms with Gasteiger partial charge in [-0.25, -0.2) is 4.79 Å². The van der Waals surface area contributed by atoms with Crippen LogP contribution in [0.1, 0.15) is 26.2 Å². The van der Waals surface area contributed by atoms with Gasteiger partial charge in [0.05, 0.1) is 6.04 Å². The molecule has 2 fully saturated rings. The van der Waals surface area contributed by atoms with Gasteiger partial charge in [0.2, 0.25) is 5.91 Å². The van der Waals surface area contributed by atoms with Gasteiger partial charge in [0, 0.05) is 0 Å². The number of carboxylic acids is 1. The Kier molecular flexibility index (Phi) is 2.42. The van der Waals surface area contributed by atoms with Gasteiger partial charge in [0.15, 0.2) is 0 Å². The highest BCUT2D eigenvalue weighted by atomic mass is 16.4. The summed E-state index contributed by atoms with van der Waals surface area (Å²) in [6.07, 6.45) is 2.32. The second-order valence-electron chi connectivity index (χ2n) is 4.52. The number of hydrogen-bond acceptors (Lipinski definition) is 3. The monoisotopic (exact) mass is 212 g/mol. The molecule has 15 heavy (non-hydrogen) atoms. The molecule has 1 amide bonds. The minimum Gasteiger partial charge on any atom is -0.479 e. The SMILES string of the molecule is CC1CC1(NC(=O)C1CCCN1)C(=O)O. The molecule has 2 rings (SSSR count). The zero-order chi connectivity index (χ0) is 11.1. The van der Waals surface area contributed by atoms with Crippen molar-refractivity contribution in [2.24, 2.45) is 5.92 Å². The molecule has 1 saturated carbocycles. The molecule has 1 heterocycles. The van der Waals surface area contributed by atoms with Gasteiger partial charge < -0.3 is 15.7 Å². The van der Waals surface area contributed by atoms with Crippen LogP contribution in [0.25, 0.3) is 0 Å². The molecule has 5 heteroatoms. The molecule has 1 aliphatic carbocycles. The molecule has 1 aliphatic heterocycles. The van der Waals surface area contributed by atoms with Crippen molar-refractivity contribution in [3.05, 3.63) is 0 Å². The maximum Gasteiger partial charge on any atom is 0.329 e. The summed E-state index contributed by atoms with van der Waals surface area (Å²) in [5, 5.41) is 14.7. The van der Waals surface area contributed by atoms with Gasteiger partial charge in [-0.3, -0.25) is 4.79 Å². The molecule has 2 aliphatic rings. The fourth-order valence-electron chi connectivity index (χ4n) is 2.17. The minimum absolute atomic E-state index is 0.0420. The molecule has 0 spiro atoms. The molecule has 0 aromatic heterocycles. The van der Waals surface area contributed by atoms with Crippen molar-refractivity contribution in [1.29, 1.82) is 0 Å². The van der Waals surface area contributed by atoms with Crippen molar-refractivity contribution in [1.82, 2.24) is 10.6 Å². The number of carbonyl (C=O) groups excluding carboxylic acids is 1. The van der Waals surface area contributed by atoms with Crippen LogP contribution in [0.5, 0.6) is 0 Å². The van der Waals surface area contributed by atoms with Gasteiger partial charge in [-0.2, -0.15) is 0 Å². The first-order chi connectivity index (χ1) is 7.06. The minimum atomic E-state index is -0.985. The predicted octanol–water partition coefficient (Wildman–Crippen LogP) is -0.282. The molecule has 3 unspecified atom stereocenters. The molecule has 1 saturated heterocycles. The third-order valence-electron chi connectivity index (χ3n) is 3.41. The van der Waals surface area contributed by atoms with Gasteiger partial charge in [-0.15, -0.1) is 0 Å².